The van der Waals surface area contributed by atoms with E-state index in [2.05, 4.69) is 10.3 Å². The first-order chi connectivity index (χ1) is 9.08. The molecule has 0 saturated carbocycles. The smallest absolute Gasteiger partial charge is 0.335 e. The van der Waals surface area contributed by atoms with E-state index in [0.717, 1.165) is 0 Å². The molecular formula is C13H9ClN2O3. The molecule has 0 unspecified atom stereocenters. The van der Waals surface area contributed by atoms with Gasteiger partial charge in [0.05, 0.1) is 11.1 Å². The van der Waals surface area contributed by atoms with Gasteiger partial charge in [0.1, 0.15) is 5.15 Å². The number of anilines is 1. The molecule has 0 radical (unpaired) electrons. The number of aromatic carboxylic acids is 1. The summed E-state index contributed by atoms with van der Waals surface area (Å²) in [6.07, 6.45) is 1.49. The highest BCUT2D eigenvalue weighted by molar-refractivity contribution is 6.33. The average Bonchev–Trinajstić information content (AvgIpc) is 2.39. The van der Waals surface area contributed by atoms with Crippen molar-refractivity contribution in [2.24, 2.45) is 0 Å². The Hall–Kier alpha value is -2.40. The van der Waals surface area contributed by atoms with Crippen LogP contribution in [0.2, 0.25) is 5.15 Å². The van der Waals surface area contributed by atoms with E-state index in [-0.39, 0.29) is 16.3 Å². The summed E-state index contributed by atoms with van der Waals surface area (Å²) in [5.41, 5.74) is 0.888. The van der Waals surface area contributed by atoms with Crippen molar-refractivity contribution in [1.29, 1.82) is 0 Å². The molecule has 5 nitrogen and oxygen atoms in total. The zero-order valence-electron chi connectivity index (χ0n) is 9.63. The predicted octanol–water partition coefficient (Wildman–Crippen LogP) is 2.69. The highest BCUT2D eigenvalue weighted by Crippen LogP contribution is 2.15. The molecule has 0 aliphatic rings. The molecule has 1 heterocycles. The third-order valence-corrected chi connectivity index (χ3v) is 2.69. The summed E-state index contributed by atoms with van der Waals surface area (Å²) in [5.74, 6) is -1.42. The number of carboxylic acid groups (broad SMARTS) is 1. The molecule has 2 rings (SSSR count). The van der Waals surface area contributed by atoms with Gasteiger partial charge in [-0.15, -0.1) is 0 Å². The number of nitrogens with zero attached hydrogens (tertiary/aromatic N) is 1. The summed E-state index contributed by atoms with van der Waals surface area (Å²) >= 11 is 5.80. The first-order valence-corrected chi connectivity index (χ1v) is 5.71. The van der Waals surface area contributed by atoms with Crippen molar-refractivity contribution in [3.8, 4) is 0 Å². The van der Waals surface area contributed by atoms with Crippen LogP contribution in [-0.2, 0) is 0 Å². The van der Waals surface area contributed by atoms with E-state index in [1.54, 1.807) is 12.1 Å². The number of halogens is 1. The molecular weight excluding hydrogens is 268 g/mol. The molecule has 96 valence electrons. The van der Waals surface area contributed by atoms with Gasteiger partial charge < -0.3 is 10.4 Å². The van der Waals surface area contributed by atoms with Gasteiger partial charge in [-0.1, -0.05) is 11.6 Å². The maximum atomic E-state index is 11.9. The minimum Gasteiger partial charge on any atom is -0.478 e. The Morgan fingerprint density at radius 3 is 2.42 bits per heavy atom. The Balaban J connectivity index is 2.15. The van der Waals surface area contributed by atoms with Crippen LogP contribution in [-0.4, -0.2) is 22.0 Å². The third-order valence-electron chi connectivity index (χ3n) is 2.39. The van der Waals surface area contributed by atoms with Gasteiger partial charge in [-0.05, 0) is 36.4 Å². The lowest BCUT2D eigenvalue weighted by Gasteiger charge is -2.06. The van der Waals surface area contributed by atoms with Gasteiger partial charge in [-0.3, -0.25) is 4.79 Å². The minimum absolute atomic E-state index is 0.113. The molecule has 1 aromatic carbocycles. The Bertz CT molecular complexity index is 626. The van der Waals surface area contributed by atoms with Crippen LogP contribution >= 0.6 is 11.6 Å². The van der Waals surface area contributed by atoms with Crippen LogP contribution in [0.25, 0.3) is 0 Å². The molecule has 0 atom stereocenters. The number of pyridine rings is 1. The SMILES string of the molecule is O=C(O)c1ccc(NC(=O)c2cccnc2Cl)cc1. The van der Waals surface area contributed by atoms with Crippen LogP contribution in [0.1, 0.15) is 20.7 Å². The van der Waals surface area contributed by atoms with Crippen molar-refractivity contribution in [3.63, 3.8) is 0 Å². The first-order valence-electron chi connectivity index (χ1n) is 5.33. The second-order valence-corrected chi connectivity index (χ2v) is 4.04. The molecule has 0 fully saturated rings. The summed E-state index contributed by atoms with van der Waals surface area (Å²) in [6, 6.07) is 8.98. The molecule has 6 heteroatoms. The molecule has 0 saturated heterocycles. The molecule has 0 aliphatic carbocycles. The zero-order valence-corrected chi connectivity index (χ0v) is 10.4. The van der Waals surface area contributed by atoms with Crippen LogP contribution in [0.4, 0.5) is 5.69 Å². The number of aromatic nitrogens is 1. The number of rotatable bonds is 3. The van der Waals surface area contributed by atoms with Gasteiger partial charge in [-0.25, -0.2) is 9.78 Å². The van der Waals surface area contributed by atoms with E-state index in [0.29, 0.717) is 5.69 Å². The zero-order chi connectivity index (χ0) is 13.8. The molecule has 1 aromatic heterocycles. The number of nitrogens with one attached hydrogen (secondary N) is 1. The van der Waals surface area contributed by atoms with Crippen LogP contribution in [0, 0.1) is 0 Å². The summed E-state index contributed by atoms with van der Waals surface area (Å²) in [6.45, 7) is 0. The van der Waals surface area contributed by atoms with E-state index < -0.39 is 11.9 Å². The lowest BCUT2D eigenvalue weighted by atomic mass is 10.2. The maximum absolute atomic E-state index is 11.9. The van der Waals surface area contributed by atoms with Gasteiger partial charge in [-0.2, -0.15) is 0 Å². The molecule has 0 spiro atoms. The van der Waals surface area contributed by atoms with Gasteiger partial charge in [0.25, 0.3) is 5.91 Å². The fraction of sp³-hybridized carbons (Fsp3) is 0. The fourth-order valence-corrected chi connectivity index (χ4v) is 1.66. The molecule has 0 bridgehead atoms. The van der Waals surface area contributed by atoms with Crippen LogP contribution in [0.5, 0.6) is 0 Å². The second-order valence-electron chi connectivity index (χ2n) is 3.68. The molecule has 19 heavy (non-hydrogen) atoms. The van der Waals surface area contributed by atoms with E-state index in [1.807, 2.05) is 0 Å². The van der Waals surface area contributed by atoms with Gasteiger partial charge >= 0.3 is 5.97 Å². The van der Waals surface area contributed by atoms with Crippen molar-refractivity contribution in [1.82, 2.24) is 4.98 Å². The monoisotopic (exact) mass is 276 g/mol. The normalized spacial score (nSPS) is 9.95. The average molecular weight is 277 g/mol. The summed E-state index contributed by atoms with van der Waals surface area (Å²) < 4.78 is 0. The number of carbonyl (C=O) groups excluding carboxylic acids is 1. The number of hydrogen-bond donors (Lipinski definition) is 2. The number of benzene rings is 1. The molecule has 2 N–H and O–H groups in total. The maximum Gasteiger partial charge on any atom is 0.335 e. The van der Waals surface area contributed by atoms with E-state index in [9.17, 15) is 9.59 Å². The van der Waals surface area contributed by atoms with Crippen LogP contribution < -0.4 is 5.32 Å². The standard InChI is InChI=1S/C13H9ClN2O3/c14-11-10(2-1-7-15-11)12(17)16-9-5-3-8(4-6-9)13(18)19/h1-7H,(H,16,17)(H,18,19). The predicted molar refractivity (Wildman–Crippen MR) is 70.6 cm³/mol. The van der Waals surface area contributed by atoms with Crippen molar-refractivity contribution < 1.29 is 14.7 Å². The lowest BCUT2D eigenvalue weighted by molar-refractivity contribution is 0.0696. The Labute approximate surface area is 113 Å². The minimum atomic E-state index is -1.02. The fourth-order valence-electron chi connectivity index (χ4n) is 1.45. The van der Waals surface area contributed by atoms with E-state index in [4.69, 9.17) is 16.7 Å². The molecule has 1 amide bonds. The van der Waals surface area contributed by atoms with Crippen molar-refractivity contribution in [3.05, 3.63) is 58.9 Å². The highest BCUT2D eigenvalue weighted by atomic mass is 35.5. The summed E-state index contributed by atoms with van der Waals surface area (Å²) in [7, 11) is 0. The summed E-state index contributed by atoms with van der Waals surface area (Å²) in [4.78, 5) is 26.4. The summed E-state index contributed by atoms with van der Waals surface area (Å²) in [5, 5.41) is 11.5. The Kier molecular flexibility index (Phi) is 3.77. The van der Waals surface area contributed by atoms with E-state index >= 15 is 0 Å². The largest absolute Gasteiger partial charge is 0.478 e. The number of amides is 1. The highest BCUT2D eigenvalue weighted by Gasteiger charge is 2.11. The van der Waals surface area contributed by atoms with Crippen LogP contribution in [0.15, 0.2) is 42.6 Å². The molecule has 0 aliphatic heterocycles. The van der Waals surface area contributed by atoms with E-state index in [1.165, 1.54) is 30.5 Å². The number of hydrogen-bond acceptors (Lipinski definition) is 3. The van der Waals surface area contributed by atoms with Gasteiger partial charge in [0.2, 0.25) is 0 Å². The number of carboxylic acids is 1. The van der Waals surface area contributed by atoms with Gasteiger partial charge in [0, 0.05) is 11.9 Å². The lowest BCUT2D eigenvalue weighted by Crippen LogP contribution is -2.13. The Morgan fingerprint density at radius 2 is 1.84 bits per heavy atom. The van der Waals surface area contributed by atoms with Crippen LogP contribution in [0.3, 0.4) is 0 Å². The van der Waals surface area contributed by atoms with Crippen molar-refractivity contribution in [2.75, 3.05) is 5.32 Å². The third kappa shape index (κ3) is 3.08. The number of carbonyl (C=O) groups is 2. The van der Waals surface area contributed by atoms with Crippen molar-refractivity contribution >= 4 is 29.2 Å². The van der Waals surface area contributed by atoms with Crippen molar-refractivity contribution in [2.45, 2.75) is 0 Å². The second kappa shape index (κ2) is 5.49. The van der Waals surface area contributed by atoms with Gasteiger partial charge in [0.15, 0.2) is 0 Å². The first kappa shape index (κ1) is 13.0. The topological polar surface area (TPSA) is 79.3 Å². The Morgan fingerprint density at radius 1 is 1.16 bits per heavy atom. The quantitative estimate of drug-likeness (QED) is 0.845. The molecule has 2 aromatic rings.